The van der Waals surface area contributed by atoms with E-state index in [0.29, 0.717) is 49.7 Å². The molecule has 238 valence electrons. The summed E-state index contributed by atoms with van der Waals surface area (Å²) in [5.41, 5.74) is -0.437. The Kier molecular flexibility index (Phi) is 11.3. The van der Waals surface area contributed by atoms with E-state index in [-0.39, 0.29) is 53.2 Å². The Balaban J connectivity index is 1.69. The number of aromatic hydroxyl groups is 1. The van der Waals surface area contributed by atoms with E-state index in [9.17, 15) is 30.0 Å². The number of hydrogen-bond acceptors (Lipinski definition) is 7. The normalized spacial score (nSPS) is 32.7. The zero-order valence-electron chi connectivity index (χ0n) is 26.9. The Morgan fingerprint density at radius 2 is 1.79 bits per heavy atom. The first kappa shape index (κ1) is 34.5. The fourth-order valence-electron chi connectivity index (χ4n) is 7.45. The molecule has 1 aromatic rings. The number of aryl methyl sites for hydroxylation is 2. The minimum absolute atomic E-state index is 0.0157. The molecule has 2 saturated heterocycles. The molecule has 0 saturated carbocycles. The Labute approximate surface area is 251 Å². The molecule has 0 unspecified atom stereocenters. The number of aromatic carboxylic acids is 1. The highest BCUT2D eigenvalue weighted by Crippen LogP contribution is 2.48. The van der Waals surface area contributed by atoms with Crippen molar-refractivity contribution in [2.45, 2.75) is 142 Å². The highest BCUT2D eigenvalue weighted by molar-refractivity contribution is 5.93. The molecule has 1 aromatic carbocycles. The molecule has 42 heavy (non-hydrogen) atoms. The molecule has 8 nitrogen and oxygen atoms in total. The smallest absolute Gasteiger partial charge is 0.339 e. The van der Waals surface area contributed by atoms with Crippen molar-refractivity contribution in [3.8, 4) is 5.75 Å². The lowest BCUT2D eigenvalue weighted by Crippen LogP contribution is -2.55. The maximum Gasteiger partial charge on any atom is 0.339 e. The molecule has 2 aliphatic heterocycles. The highest BCUT2D eigenvalue weighted by atomic mass is 16.6. The zero-order valence-corrected chi connectivity index (χ0v) is 26.9. The van der Waals surface area contributed by atoms with Gasteiger partial charge in [-0.3, -0.25) is 4.79 Å². The number of benzene rings is 1. The van der Waals surface area contributed by atoms with Crippen LogP contribution in [0.4, 0.5) is 0 Å². The monoisotopic (exact) mass is 590 g/mol. The van der Waals surface area contributed by atoms with Gasteiger partial charge >= 0.3 is 5.97 Å². The van der Waals surface area contributed by atoms with Crippen LogP contribution in [-0.4, -0.2) is 67.8 Å². The van der Waals surface area contributed by atoms with Crippen LogP contribution < -0.4 is 0 Å². The number of carbonyl (C=O) groups is 2. The van der Waals surface area contributed by atoms with Crippen molar-refractivity contribution < 1.29 is 39.5 Å². The summed E-state index contributed by atoms with van der Waals surface area (Å²) < 4.78 is 13.2. The summed E-state index contributed by atoms with van der Waals surface area (Å²) in [4.78, 5) is 25.7. The fourth-order valence-corrected chi connectivity index (χ4v) is 7.45. The number of Topliss-reactive ketones (excluding diaryl/α,β-unsaturated/α-hetero) is 1. The first-order valence-corrected chi connectivity index (χ1v) is 16.0. The van der Waals surface area contributed by atoms with E-state index in [1.165, 1.54) is 0 Å². The number of ketones is 1. The molecule has 2 aliphatic rings. The highest BCUT2D eigenvalue weighted by Gasteiger charge is 2.55. The molecule has 4 N–H and O–H groups in total. The van der Waals surface area contributed by atoms with Crippen molar-refractivity contribution in [3.05, 3.63) is 28.8 Å². The van der Waals surface area contributed by atoms with Gasteiger partial charge in [-0.05, 0) is 88.2 Å². The minimum atomic E-state index is -1.18. The van der Waals surface area contributed by atoms with E-state index in [0.717, 1.165) is 12.8 Å². The van der Waals surface area contributed by atoms with Gasteiger partial charge in [-0.25, -0.2) is 4.79 Å². The summed E-state index contributed by atoms with van der Waals surface area (Å²) >= 11 is 0. The summed E-state index contributed by atoms with van der Waals surface area (Å²) in [5.74, 6) is -2.55. The SMILES string of the molecule is CC[C@H](C(=O)[C@H](C)[C@H](O)[C@H](C)CCc1ccc(C)c(O)c1C(=O)O)[C@@H]1O[C@](CC)([C@@H]2CC[C@](O)(CC)[C@H](C)O2)C[C@H]1C. The van der Waals surface area contributed by atoms with Gasteiger partial charge in [0.15, 0.2) is 0 Å². The lowest BCUT2D eigenvalue weighted by atomic mass is 9.76. The first-order valence-electron chi connectivity index (χ1n) is 16.0. The molecular formula is C34H54O8. The third-order valence-electron chi connectivity index (χ3n) is 10.7. The van der Waals surface area contributed by atoms with Gasteiger partial charge in [0.2, 0.25) is 0 Å². The molecule has 0 aromatic heterocycles. The average Bonchev–Trinajstić information content (AvgIpc) is 3.31. The number of carboxylic acids is 1. The summed E-state index contributed by atoms with van der Waals surface area (Å²) in [7, 11) is 0. The van der Waals surface area contributed by atoms with Crippen LogP contribution in [0.15, 0.2) is 12.1 Å². The topological polar surface area (TPSA) is 134 Å². The van der Waals surface area contributed by atoms with Crippen LogP contribution in [0.1, 0.15) is 115 Å². The standard InChI is InChI=1S/C34H54O8/c1-9-25(31-21(6)18-34(11-3,42-31)26-16-17-33(40,10-2)23(8)41-26)30(37)22(7)28(35)19(4)12-14-24-15-13-20(5)29(36)27(24)32(38)39/h13,15,19,21-23,25-26,28,31,35-36,40H,9-12,14,16-18H2,1-8H3,(H,38,39)/t19-,21-,22-,23+,25-,26+,28-,31-,33-,34+/m1/s1. The molecule has 2 fully saturated rings. The van der Waals surface area contributed by atoms with Gasteiger partial charge in [0.05, 0.1) is 35.6 Å². The number of rotatable bonds is 13. The molecule has 0 radical (unpaired) electrons. The number of aliphatic hydroxyl groups is 2. The Bertz CT molecular complexity index is 1100. The third-order valence-corrected chi connectivity index (χ3v) is 10.7. The largest absolute Gasteiger partial charge is 0.507 e. The molecule has 10 atom stereocenters. The van der Waals surface area contributed by atoms with Gasteiger partial charge in [0.25, 0.3) is 0 Å². The van der Waals surface area contributed by atoms with E-state index < -0.39 is 29.2 Å². The Morgan fingerprint density at radius 1 is 1.12 bits per heavy atom. The Morgan fingerprint density at radius 3 is 2.33 bits per heavy atom. The fraction of sp³-hybridized carbons (Fsp3) is 0.765. The number of carbonyl (C=O) groups excluding carboxylic acids is 1. The van der Waals surface area contributed by atoms with Crippen LogP contribution in [0.5, 0.6) is 5.75 Å². The number of carboxylic acid groups (broad SMARTS) is 1. The summed E-state index contributed by atoms with van der Waals surface area (Å²) in [6.45, 7) is 15.4. The number of ether oxygens (including phenoxy) is 2. The summed E-state index contributed by atoms with van der Waals surface area (Å²) in [5, 5.41) is 42.1. The van der Waals surface area contributed by atoms with E-state index >= 15 is 0 Å². The number of phenols is 1. The van der Waals surface area contributed by atoms with Crippen LogP contribution in [0.25, 0.3) is 0 Å². The van der Waals surface area contributed by atoms with Crippen LogP contribution in [0, 0.1) is 30.6 Å². The minimum Gasteiger partial charge on any atom is -0.507 e. The van der Waals surface area contributed by atoms with Gasteiger partial charge in [-0.15, -0.1) is 0 Å². The second kappa shape index (κ2) is 13.7. The van der Waals surface area contributed by atoms with Gasteiger partial charge in [0.1, 0.15) is 17.1 Å². The molecule has 2 heterocycles. The molecular weight excluding hydrogens is 536 g/mol. The van der Waals surface area contributed by atoms with Crippen molar-refractivity contribution in [2.75, 3.05) is 0 Å². The predicted octanol–water partition coefficient (Wildman–Crippen LogP) is 5.84. The van der Waals surface area contributed by atoms with Crippen molar-refractivity contribution in [1.29, 1.82) is 0 Å². The van der Waals surface area contributed by atoms with Crippen molar-refractivity contribution in [3.63, 3.8) is 0 Å². The van der Waals surface area contributed by atoms with Gasteiger partial charge in [-0.2, -0.15) is 0 Å². The van der Waals surface area contributed by atoms with Gasteiger partial charge in [-0.1, -0.05) is 53.7 Å². The van der Waals surface area contributed by atoms with Crippen molar-refractivity contribution >= 4 is 11.8 Å². The van der Waals surface area contributed by atoms with Crippen LogP contribution in [0.2, 0.25) is 0 Å². The van der Waals surface area contributed by atoms with Crippen molar-refractivity contribution in [2.24, 2.45) is 23.7 Å². The lowest BCUT2D eigenvalue weighted by Gasteiger charge is -2.47. The van der Waals surface area contributed by atoms with Crippen molar-refractivity contribution in [1.82, 2.24) is 0 Å². The summed E-state index contributed by atoms with van der Waals surface area (Å²) in [6, 6.07) is 3.40. The Hall–Kier alpha value is -2.00. The number of aliphatic hydroxyl groups excluding tert-OH is 1. The average molecular weight is 591 g/mol. The number of hydrogen-bond donors (Lipinski definition) is 4. The van der Waals surface area contributed by atoms with Crippen LogP contribution in [0.3, 0.4) is 0 Å². The molecule has 0 aliphatic carbocycles. The van der Waals surface area contributed by atoms with Crippen LogP contribution in [-0.2, 0) is 20.7 Å². The summed E-state index contributed by atoms with van der Waals surface area (Å²) in [6.07, 6.45) is 3.34. The second-order valence-corrected chi connectivity index (χ2v) is 13.2. The molecule has 0 bridgehead atoms. The molecule has 8 heteroatoms. The van der Waals surface area contributed by atoms with Gasteiger partial charge < -0.3 is 29.9 Å². The quantitative estimate of drug-likeness (QED) is 0.225. The second-order valence-electron chi connectivity index (χ2n) is 13.2. The van der Waals surface area contributed by atoms with E-state index in [4.69, 9.17) is 9.47 Å². The van der Waals surface area contributed by atoms with Gasteiger partial charge in [0, 0.05) is 11.8 Å². The zero-order chi connectivity index (χ0) is 31.6. The van der Waals surface area contributed by atoms with E-state index in [1.54, 1.807) is 26.0 Å². The predicted molar refractivity (Wildman–Crippen MR) is 162 cm³/mol. The maximum atomic E-state index is 13.9. The lowest BCUT2D eigenvalue weighted by molar-refractivity contribution is -0.229. The maximum absolute atomic E-state index is 13.9. The van der Waals surface area contributed by atoms with E-state index in [2.05, 4.69) is 13.8 Å². The molecule has 0 amide bonds. The molecule has 3 rings (SSSR count). The molecule has 0 spiro atoms. The first-order chi connectivity index (χ1) is 19.7. The third kappa shape index (κ3) is 6.72. The van der Waals surface area contributed by atoms with Crippen LogP contribution >= 0.6 is 0 Å². The van der Waals surface area contributed by atoms with E-state index in [1.807, 2.05) is 27.7 Å².